The van der Waals surface area contributed by atoms with Gasteiger partial charge in [0, 0.05) is 14.3 Å². The minimum atomic E-state index is -0.634. The van der Waals surface area contributed by atoms with Gasteiger partial charge in [-0.15, -0.1) is 0 Å². The molecule has 0 radical (unpaired) electrons. The van der Waals surface area contributed by atoms with Crippen molar-refractivity contribution in [1.82, 2.24) is 0 Å². The summed E-state index contributed by atoms with van der Waals surface area (Å²) in [5.41, 5.74) is 11.0. The predicted molar refractivity (Wildman–Crippen MR) is 94.3 cm³/mol. The number of benzene rings is 1. The van der Waals surface area contributed by atoms with E-state index >= 15 is 0 Å². The van der Waals surface area contributed by atoms with Gasteiger partial charge in [-0.2, -0.15) is 0 Å². The van der Waals surface area contributed by atoms with Gasteiger partial charge in [0.15, 0.2) is 0 Å². The Morgan fingerprint density at radius 3 is 1.12 bits per heavy atom. The highest BCUT2D eigenvalue weighted by atomic mass is 127. The Labute approximate surface area is 146 Å². The maximum absolute atomic E-state index is 11.4. The van der Waals surface area contributed by atoms with Crippen LogP contribution in [0.5, 0.6) is 0 Å². The summed E-state index contributed by atoms with van der Waals surface area (Å²) in [5, 5.41) is 0. The molecule has 1 aromatic carbocycles. The van der Waals surface area contributed by atoms with Gasteiger partial charge in [0.25, 0.3) is 11.8 Å². The first-order chi connectivity index (χ1) is 7.29. The van der Waals surface area contributed by atoms with Crippen LogP contribution in [-0.2, 0) is 0 Å². The van der Waals surface area contributed by atoms with Crippen LogP contribution >= 0.6 is 90.4 Å². The third-order valence-corrected chi connectivity index (χ3v) is 9.17. The van der Waals surface area contributed by atoms with E-state index in [-0.39, 0.29) is 11.1 Å². The van der Waals surface area contributed by atoms with Crippen LogP contribution in [0.3, 0.4) is 0 Å². The fourth-order valence-corrected chi connectivity index (χ4v) is 4.82. The van der Waals surface area contributed by atoms with Gasteiger partial charge in [0.05, 0.1) is 11.1 Å². The fourth-order valence-electron chi connectivity index (χ4n) is 1.09. The minimum absolute atomic E-state index is 0.210. The average molecular weight is 668 g/mol. The second kappa shape index (κ2) is 5.81. The number of carbonyl (C=O) groups is 2. The summed E-state index contributed by atoms with van der Waals surface area (Å²) >= 11 is 8.22. The lowest BCUT2D eigenvalue weighted by Gasteiger charge is -2.12. The Bertz CT molecular complexity index is 457. The van der Waals surface area contributed by atoms with E-state index in [0.29, 0.717) is 7.14 Å². The number of halogens is 4. The molecule has 8 heteroatoms. The zero-order valence-electron chi connectivity index (χ0n) is 7.48. The van der Waals surface area contributed by atoms with Gasteiger partial charge in [0.1, 0.15) is 0 Å². The van der Waals surface area contributed by atoms with Crippen LogP contribution in [-0.4, -0.2) is 11.8 Å². The van der Waals surface area contributed by atoms with Crippen molar-refractivity contribution in [3.8, 4) is 0 Å². The average Bonchev–Trinajstić information content (AvgIpc) is 2.18. The summed E-state index contributed by atoms with van der Waals surface area (Å²) in [6.45, 7) is 0. The van der Waals surface area contributed by atoms with Gasteiger partial charge in [-0.05, 0) is 90.4 Å². The largest absolute Gasteiger partial charge is 0.366 e. The zero-order valence-corrected chi connectivity index (χ0v) is 16.1. The number of carbonyl (C=O) groups excluding carboxylic acids is 2. The van der Waals surface area contributed by atoms with Gasteiger partial charge in [-0.1, -0.05) is 0 Å². The fraction of sp³-hybridized carbons (Fsp3) is 0. The molecule has 16 heavy (non-hydrogen) atoms. The molecule has 0 saturated carbocycles. The number of primary amides is 2. The molecule has 0 aliphatic rings. The number of nitrogens with two attached hydrogens (primary N) is 2. The van der Waals surface area contributed by atoms with E-state index in [2.05, 4.69) is 45.2 Å². The highest BCUT2D eigenvalue weighted by Crippen LogP contribution is 2.32. The molecule has 0 unspecified atom stereocenters. The molecule has 0 spiro atoms. The van der Waals surface area contributed by atoms with Gasteiger partial charge in [-0.3, -0.25) is 9.59 Å². The van der Waals surface area contributed by atoms with Crippen LogP contribution in [0.15, 0.2) is 0 Å². The monoisotopic (exact) mass is 668 g/mol. The van der Waals surface area contributed by atoms with E-state index in [1.807, 2.05) is 45.2 Å². The lowest BCUT2D eigenvalue weighted by atomic mass is 10.1. The Balaban J connectivity index is 3.83. The first-order valence-corrected chi connectivity index (χ1v) is 8.06. The summed E-state index contributed by atoms with van der Waals surface area (Å²) in [6.07, 6.45) is 0. The van der Waals surface area contributed by atoms with Crippen molar-refractivity contribution >= 4 is 102 Å². The molecule has 1 rings (SSSR count). The summed E-state index contributed by atoms with van der Waals surface area (Å²) in [6, 6.07) is 0. The lowest BCUT2D eigenvalue weighted by molar-refractivity contribution is 0.0965. The van der Waals surface area contributed by atoms with E-state index in [4.69, 9.17) is 11.5 Å². The molecule has 0 heterocycles. The Morgan fingerprint density at radius 2 is 0.938 bits per heavy atom. The normalized spacial score (nSPS) is 10.2. The molecule has 0 aliphatic carbocycles. The molecular formula is C8H4I4N2O2. The SMILES string of the molecule is NC(=O)c1c(I)c(I)c(I)c(I)c1C(N)=O. The second-order valence-electron chi connectivity index (χ2n) is 2.73. The van der Waals surface area contributed by atoms with Crippen LogP contribution in [0, 0.1) is 14.3 Å². The van der Waals surface area contributed by atoms with Gasteiger partial charge in [0.2, 0.25) is 0 Å². The van der Waals surface area contributed by atoms with E-state index in [0.717, 1.165) is 7.14 Å². The van der Waals surface area contributed by atoms with Crippen molar-refractivity contribution in [2.45, 2.75) is 0 Å². The van der Waals surface area contributed by atoms with Crippen LogP contribution in [0.25, 0.3) is 0 Å². The van der Waals surface area contributed by atoms with E-state index in [1.54, 1.807) is 0 Å². The number of hydrogen-bond acceptors (Lipinski definition) is 2. The van der Waals surface area contributed by atoms with Gasteiger partial charge in [-0.25, -0.2) is 0 Å². The summed E-state index contributed by atoms with van der Waals surface area (Å²) in [4.78, 5) is 22.7. The molecule has 0 bridgehead atoms. The Kier molecular flexibility index (Phi) is 5.50. The maximum Gasteiger partial charge on any atom is 0.250 e. The summed E-state index contributed by atoms with van der Waals surface area (Å²) in [7, 11) is 0. The van der Waals surface area contributed by atoms with E-state index in [1.165, 1.54) is 0 Å². The van der Waals surface area contributed by atoms with Crippen molar-refractivity contribution in [3.05, 3.63) is 25.4 Å². The third kappa shape index (κ3) is 2.73. The lowest BCUT2D eigenvalue weighted by Crippen LogP contribution is -2.24. The Hall–Kier alpha value is 1.08. The first kappa shape index (κ1) is 15.1. The summed E-state index contributed by atoms with van der Waals surface area (Å²) in [5.74, 6) is -1.27. The minimum Gasteiger partial charge on any atom is -0.366 e. The standard InChI is InChI=1S/C8H4I4N2O2/c9-3-1(7(13)15)2(8(14)16)4(10)6(12)5(3)11/h(H2,13,15)(H2,14,16). The Morgan fingerprint density at radius 1 is 0.688 bits per heavy atom. The predicted octanol–water partition coefficient (Wildman–Crippen LogP) is 2.30. The maximum atomic E-state index is 11.4. The first-order valence-electron chi connectivity index (χ1n) is 3.74. The summed E-state index contributed by atoms with van der Waals surface area (Å²) < 4.78 is 3.15. The topological polar surface area (TPSA) is 86.2 Å². The smallest absolute Gasteiger partial charge is 0.250 e. The number of hydrogen-bond donors (Lipinski definition) is 2. The molecule has 4 N–H and O–H groups in total. The van der Waals surface area contributed by atoms with Crippen LogP contribution in [0.4, 0.5) is 0 Å². The molecule has 2 amide bonds. The van der Waals surface area contributed by atoms with Crippen molar-refractivity contribution in [3.63, 3.8) is 0 Å². The highest BCUT2D eigenvalue weighted by molar-refractivity contribution is 14.1. The van der Waals surface area contributed by atoms with E-state index < -0.39 is 11.8 Å². The molecule has 1 aromatic rings. The van der Waals surface area contributed by atoms with E-state index in [9.17, 15) is 9.59 Å². The van der Waals surface area contributed by atoms with Crippen LogP contribution in [0.2, 0.25) is 0 Å². The number of rotatable bonds is 2. The molecule has 0 saturated heterocycles. The zero-order chi connectivity index (χ0) is 12.6. The number of amides is 2. The molecule has 0 fully saturated rings. The molecular weight excluding hydrogens is 664 g/mol. The molecule has 86 valence electrons. The highest BCUT2D eigenvalue weighted by Gasteiger charge is 2.24. The van der Waals surface area contributed by atoms with Crippen molar-refractivity contribution in [2.75, 3.05) is 0 Å². The van der Waals surface area contributed by atoms with Crippen molar-refractivity contribution in [2.24, 2.45) is 11.5 Å². The molecule has 0 aliphatic heterocycles. The van der Waals surface area contributed by atoms with Gasteiger partial charge >= 0.3 is 0 Å². The molecule has 0 atom stereocenters. The van der Waals surface area contributed by atoms with Crippen molar-refractivity contribution < 1.29 is 9.59 Å². The van der Waals surface area contributed by atoms with Crippen molar-refractivity contribution in [1.29, 1.82) is 0 Å². The van der Waals surface area contributed by atoms with Gasteiger partial charge < -0.3 is 11.5 Å². The van der Waals surface area contributed by atoms with Crippen LogP contribution in [0.1, 0.15) is 20.7 Å². The molecule has 0 aromatic heterocycles. The third-order valence-electron chi connectivity index (χ3n) is 1.76. The molecule has 4 nitrogen and oxygen atoms in total. The quantitative estimate of drug-likeness (QED) is 0.289. The van der Waals surface area contributed by atoms with Crippen LogP contribution < -0.4 is 11.5 Å². The second-order valence-corrected chi connectivity index (χ2v) is 7.05.